The second-order valence-electron chi connectivity index (χ2n) is 7.66. The van der Waals surface area contributed by atoms with Crippen molar-refractivity contribution in [2.24, 2.45) is 11.1 Å². The van der Waals surface area contributed by atoms with Crippen molar-refractivity contribution in [1.29, 1.82) is 0 Å². The number of piperidine rings is 1. The summed E-state index contributed by atoms with van der Waals surface area (Å²) >= 11 is 0. The van der Waals surface area contributed by atoms with Gasteiger partial charge in [-0.2, -0.15) is 0 Å². The quantitative estimate of drug-likeness (QED) is 0.742. The zero-order chi connectivity index (χ0) is 17.7. The van der Waals surface area contributed by atoms with Crippen molar-refractivity contribution in [2.45, 2.75) is 19.3 Å². The lowest BCUT2D eigenvalue weighted by Crippen LogP contribution is -2.46. The van der Waals surface area contributed by atoms with Crippen molar-refractivity contribution in [3.8, 4) is 0 Å². The fourth-order valence-electron chi connectivity index (χ4n) is 4.75. The van der Waals surface area contributed by atoms with Crippen LogP contribution in [0.4, 0.5) is 0 Å². The number of para-hydroxylation sites is 1. The molecule has 134 valence electrons. The Morgan fingerprint density at radius 1 is 1.12 bits per heavy atom. The largest absolute Gasteiger partial charge is 0.365 e. The molecule has 6 nitrogen and oxygen atoms in total. The van der Waals surface area contributed by atoms with Gasteiger partial charge in [-0.1, -0.05) is 18.2 Å². The number of nitrogens with zero attached hydrogens (tertiary/aromatic N) is 3. The number of amides is 1. The number of primary amides is 1. The molecule has 4 heterocycles. The van der Waals surface area contributed by atoms with Gasteiger partial charge in [0.2, 0.25) is 0 Å². The predicted molar refractivity (Wildman–Crippen MR) is 103 cm³/mol. The normalized spacial score (nSPS) is 19.6. The summed E-state index contributed by atoms with van der Waals surface area (Å²) in [5.74, 6) is -0.430. The van der Waals surface area contributed by atoms with Crippen LogP contribution in [0.2, 0.25) is 0 Å². The molecule has 0 aliphatic carbocycles. The van der Waals surface area contributed by atoms with Crippen molar-refractivity contribution in [1.82, 2.24) is 15.0 Å². The van der Waals surface area contributed by atoms with E-state index in [1.165, 1.54) is 19.3 Å². The summed E-state index contributed by atoms with van der Waals surface area (Å²) < 4.78 is 2.21. The van der Waals surface area contributed by atoms with Crippen LogP contribution in [-0.4, -0.2) is 41.7 Å². The molecule has 6 heteroatoms. The van der Waals surface area contributed by atoms with Crippen molar-refractivity contribution < 1.29 is 4.79 Å². The second-order valence-corrected chi connectivity index (χ2v) is 7.66. The van der Waals surface area contributed by atoms with E-state index in [2.05, 4.69) is 32.1 Å². The molecule has 0 unspecified atom stereocenters. The van der Waals surface area contributed by atoms with E-state index in [1.54, 1.807) is 6.20 Å². The van der Waals surface area contributed by atoms with Gasteiger partial charge in [0.05, 0.1) is 16.6 Å². The van der Waals surface area contributed by atoms with Gasteiger partial charge in [0, 0.05) is 42.8 Å². The SMILES string of the molecule is NC(=O)c1cncc2c3ccccc3n(N3CCC4(CCNC4)CC3)c12. The smallest absolute Gasteiger partial charge is 0.252 e. The molecule has 1 amide bonds. The number of hydrogen-bond acceptors (Lipinski definition) is 4. The zero-order valence-electron chi connectivity index (χ0n) is 14.7. The molecule has 2 aromatic heterocycles. The van der Waals surface area contributed by atoms with Crippen LogP contribution < -0.4 is 16.1 Å². The fourth-order valence-corrected chi connectivity index (χ4v) is 4.75. The Balaban J connectivity index is 1.67. The summed E-state index contributed by atoms with van der Waals surface area (Å²) in [6, 6.07) is 8.27. The lowest BCUT2D eigenvalue weighted by atomic mass is 9.78. The molecule has 2 aliphatic rings. The van der Waals surface area contributed by atoms with E-state index in [9.17, 15) is 4.79 Å². The van der Waals surface area contributed by atoms with Gasteiger partial charge in [0.1, 0.15) is 0 Å². The van der Waals surface area contributed by atoms with Crippen LogP contribution in [0.15, 0.2) is 36.7 Å². The molecule has 0 saturated carbocycles. The number of fused-ring (bicyclic) bond motifs is 3. The number of benzene rings is 1. The average molecular weight is 349 g/mol. The molecule has 2 aliphatic heterocycles. The van der Waals surface area contributed by atoms with Gasteiger partial charge in [0.15, 0.2) is 0 Å². The van der Waals surface area contributed by atoms with Crippen LogP contribution in [0, 0.1) is 5.41 Å². The summed E-state index contributed by atoms with van der Waals surface area (Å²) in [6.07, 6.45) is 7.04. The van der Waals surface area contributed by atoms with E-state index >= 15 is 0 Å². The third-order valence-corrected chi connectivity index (χ3v) is 6.23. The van der Waals surface area contributed by atoms with Gasteiger partial charge < -0.3 is 16.1 Å². The summed E-state index contributed by atoms with van der Waals surface area (Å²) in [4.78, 5) is 16.3. The maximum atomic E-state index is 12.1. The molecule has 1 aromatic carbocycles. The molecule has 2 fully saturated rings. The Morgan fingerprint density at radius 3 is 2.65 bits per heavy atom. The van der Waals surface area contributed by atoms with Crippen LogP contribution in [0.3, 0.4) is 0 Å². The van der Waals surface area contributed by atoms with E-state index < -0.39 is 5.91 Å². The Bertz CT molecular complexity index is 992. The summed E-state index contributed by atoms with van der Waals surface area (Å²) in [5, 5.41) is 7.99. The number of aromatic nitrogens is 2. The molecule has 26 heavy (non-hydrogen) atoms. The first-order valence-corrected chi connectivity index (χ1v) is 9.31. The van der Waals surface area contributed by atoms with Gasteiger partial charge in [0.25, 0.3) is 5.91 Å². The van der Waals surface area contributed by atoms with Crippen LogP contribution in [-0.2, 0) is 0 Å². The van der Waals surface area contributed by atoms with Gasteiger partial charge in [-0.15, -0.1) is 0 Å². The predicted octanol–water partition coefficient (Wildman–Crippen LogP) is 2.00. The van der Waals surface area contributed by atoms with E-state index in [4.69, 9.17) is 5.73 Å². The molecule has 1 spiro atoms. The van der Waals surface area contributed by atoms with Crippen molar-refractivity contribution >= 4 is 27.7 Å². The number of carbonyl (C=O) groups is 1. The van der Waals surface area contributed by atoms with Crippen LogP contribution in [0.25, 0.3) is 21.8 Å². The number of carbonyl (C=O) groups excluding carboxylic acids is 1. The van der Waals surface area contributed by atoms with Crippen LogP contribution >= 0.6 is 0 Å². The monoisotopic (exact) mass is 349 g/mol. The summed E-state index contributed by atoms with van der Waals surface area (Å²) in [7, 11) is 0. The Hall–Kier alpha value is -2.60. The van der Waals surface area contributed by atoms with Gasteiger partial charge >= 0.3 is 0 Å². The lowest BCUT2D eigenvalue weighted by molar-refractivity contribution is 0.100. The topological polar surface area (TPSA) is 76.2 Å². The molecule has 0 bridgehead atoms. The lowest BCUT2D eigenvalue weighted by Gasteiger charge is -2.41. The Kier molecular flexibility index (Phi) is 3.43. The minimum absolute atomic E-state index is 0.430. The van der Waals surface area contributed by atoms with E-state index in [0.29, 0.717) is 11.0 Å². The maximum absolute atomic E-state index is 12.1. The molecule has 5 rings (SSSR count). The highest BCUT2D eigenvalue weighted by molar-refractivity contribution is 6.15. The Labute approximate surface area is 151 Å². The van der Waals surface area contributed by atoms with Crippen molar-refractivity contribution in [2.75, 3.05) is 31.2 Å². The van der Waals surface area contributed by atoms with Crippen molar-refractivity contribution in [3.63, 3.8) is 0 Å². The molecular weight excluding hydrogens is 326 g/mol. The number of nitrogens with one attached hydrogen (secondary N) is 1. The molecule has 3 N–H and O–H groups in total. The van der Waals surface area contributed by atoms with Gasteiger partial charge in [-0.3, -0.25) is 14.5 Å². The van der Waals surface area contributed by atoms with Crippen molar-refractivity contribution in [3.05, 3.63) is 42.2 Å². The first-order valence-electron chi connectivity index (χ1n) is 9.31. The Morgan fingerprint density at radius 2 is 1.92 bits per heavy atom. The van der Waals surface area contributed by atoms with Gasteiger partial charge in [-0.25, -0.2) is 0 Å². The first kappa shape index (κ1) is 15.6. The maximum Gasteiger partial charge on any atom is 0.252 e. The molecule has 0 atom stereocenters. The second kappa shape index (κ2) is 5.71. The molecule has 0 radical (unpaired) electrons. The standard InChI is InChI=1S/C20H23N5O/c21-19(26)16-12-23-11-15-14-3-1-2-4-17(14)25(18(15)16)24-9-6-20(7-10-24)5-8-22-13-20/h1-4,11-12,22H,5-10,13H2,(H2,21,26). The van der Waals surface area contributed by atoms with Gasteiger partial charge in [-0.05, 0) is 37.3 Å². The van der Waals surface area contributed by atoms with E-state index in [1.807, 2.05) is 18.3 Å². The average Bonchev–Trinajstić information content (AvgIpc) is 3.25. The summed E-state index contributed by atoms with van der Waals surface area (Å²) in [5.41, 5.74) is 8.60. The molecule has 2 saturated heterocycles. The number of rotatable bonds is 2. The zero-order valence-corrected chi connectivity index (χ0v) is 14.7. The number of nitrogens with two attached hydrogens (primary N) is 1. The van der Waals surface area contributed by atoms with E-state index in [0.717, 1.165) is 48.0 Å². The third kappa shape index (κ3) is 2.22. The number of pyridine rings is 1. The highest BCUT2D eigenvalue weighted by Crippen LogP contribution is 2.38. The fraction of sp³-hybridized carbons (Fsp3) is 0.400. The highest BCUT2D eigenvalue weighted by atomic mass is 16.1. The number of hydrogen-bond donors (Lipinski definition) is 2. The third-order valence-electron chi connectivity index (χ3n) is 6.23. The van der Waals surface area contributed by atoms with Crippen LogP contribution in [0.5, 0.6) is 0 Å². The molecular formula is C20H23N5O. The minimum atomic E-state index is -0.430. The first-order chi connectivity index (χ1) is 12.7. The van der Waals surface area contributed by atoms with E-state index in [-0.39, 0.29) is 0 Å². The highest BCUT2D eigenvalue weighted by Gasteiger charge is 2.37. The molecule has 3 aromatic rings. The summed E-state index contributed by atoms with van der Waals surface area (Å²) in [6.45, 7) is 4.23. The minimum Gasteiger partial charge on any atom is -0.365 e. The van der Waals surface area contributed by atoms with Crippen LogP contribution in [0.1, 0.15) is 29.6 Å².